The van der Waals surface area contributed by atoms with E-state index in [1.54, 1.807) is 31.6 Å². The molecule has 5 nitrogen and oxygen atoms in total. The number of ether oxygens (including phenoxy) is 1. The van der Waals surface area contributed by atoms with E-state index in [4.69, 9.17) is 27.9 Å². The summed E-state index contributed by atoms with van der Waals surface area (Å²) in [7, 11) is 5.45. The zero-order valence-corrected chi connectivity index (χ0v) is 20.5. The number of hydrogen-bond donors (Lipinski definition) is 1. The third-order valence-electron chi connectivity index (χ3n) is 3.86. The van der Waals surface area contributed by atoms with Crippen LogP contribution in [0.1, 0.15) is 29.3 Å². The molecule has 9 heteroatoms. The van der Waals surface area contributed by atoms with Gasteiger partial charge in [-0.05, 0) is 37.1 Å². The van der Waals surface area contributed by atoms with Crippen molar-refractivity contribution >= 4 is 64.5 Å². The van der Waals surface area contributed by atoms with Crippen LogP contribution in [-0.2, 0) is 17.7 Å². The van der Waals surface area contributed by atoms with E-state index < -0.39 is 0 Å². The number of nitrogens with one attached hydrogen (secondary N) is 1. The van der Waals surface area contributed by atoms with Gasteiger partial charge in [-0.15, -0.1) is 35.3 Å². The van der Waals surface area contributed by atoms with Gasteiger partial charge in [-0.3, -0.25) is 4.99 Å². The van der Waals surface area contributed by atoms with Crippen molar-refractivity contribution < 1.29 is 4.74 Å². The lowest BCUT2D eigenvalue weighted by Gasteiger charge is -2.21. The zero-order valence-electron chi connectivity index (χ0n) is 15.8. The van der Waals surface area contributed by atoms with Gasteiger partial charge in [0.2, 0.25) is 0 Å². The SMILES string of the molecule is CN=C(NCCc1cc(Cl)cc(Cl)c1)N(C)Cc1csc(C(C)OC)n1.I. The van der Waals surface area contributed by atoms with Crippen LogP contribution < -0.4 is 5.32 Å². The van der Waals surface area contributed by atoms with Crippen LogP contribution in [0.2, 0.25) is 10.0 Å². The van der Waals surface area contributed by atoms with Crippen LogP contribution in [0.5, 0.6) is 0 Å². The molecule has 0 radical (unpaired) electrons. The lowest BCUT2D eigenvalue weighted by molar-refractivity contribution is 0.119. The van der Waals surface area contributed by atoms with Crippen molar-refractivity contribution in [3.63, 3.8) is 0 Å². The molecule has 0 fully saturated rings. The molecule has 0 aliphatic carbocycles. The normalized spacial score (nSPS) is 12.4. The number of rotatable bonds is 7. The lowest BCUT2D eigenvalue weighted by atomic mass is 10.1. The highest BCUT2D eigenvalue weighted by atomic mass is 127. The summed E-state index contributed by atoms with van der Waals surface area (Å²) in [5.41, 5.74) is 2.09. The highest BCUT2D eigenvalue weighted by Gasteiger charge is 2.12. The first-order valence-corrected chi connectivity index (χ1v) is 9.90. The molecule has 0 saturated heterocycles. The maximum Gasteiger partial charge on any atom is 0.193 e. The van der Waals surface area contributed by atoms with Gasteiger partial charge >= 0.3 is 0 Å². The largest absolute Gasteiger partial charge is 0.375 e. The summed E-state index contributed by atoms with van der Waals surface area (Å²) in [6.07, 6.45) is 0.820. The first-order valence-electron chi connectivity index (χ1n) is 8.26. The molecular formula is C18H25Cl2IN4OS. The number of benzene rings is 1. The van der Waals surface area contributed by atoms with Crippen molar-refractivity contribution in [1.29, 1.82) is 0 Å². The maximum absolute atomic E-state index is 6.04. The zero-order chi connectivity index (χ0) is 19.1. The molecule has 150 valence electrons. The molecule has 1 heterocycles. The van der Waals surface area contributed by atoms with Crippen LogP contribution >= 0.6 is 58.5 Å². The van der Waals surface area contributed by atoms with Gasteiger partial charge < -0.3 is 15.0 Å². The summed E-state index contributed by atoms with van der Waals surface area (Å²) >= 11 is 13.7. The molecule has 1 N–H and O–H groups in total. The van der Waals surface area contributed by atoms with E-state index in [1.807, 2.05) is 31.0 Å². The third-order valence-corrected chi connectivity index (χ3v) is 5.35. The fourth-order valence-corrected chi connectivity index (χ4v) is 3.87. The fourth-order valence-electron chi connectivity index (χ4n) is 2.46. The Morgan fingerprint density at radius 3 is 2.59 bits per heavy atom. The quantitative estimate of drug-likeness (QED) is 0.303. The van der Waals surface area contributed by atoms with E-state index in [2.05, 4.69) is 20.7 Å². The summed E-state index contributed by atoms with van der Waals surface area (Å²) in [4.78, 5) is 11.0. The van der Waals surface area contributed by atoms with Crippen LogP contribution in [0.15, 0.2) is 28.6 Å². The van der Waals surface area contributed by atoms with Crippen molar-refractivity contribution in [2.45, 2.75) is 26.0 Å². The van der Waals surface area contributed by atoms with Gasteiger partial charge in [0.15, 0.2) is 5.96 Å². The highest BCUT2D eigenvalue weighted by molar-refractivity contribution is 14.0. The number of methoxy groups -OCH3 is 1. The van der Waals surface area contributed by atoms with Crippen molar-refractivity contribution in [3.8, 4) is 0 Å². The average Bonchev–Trinajstić information content (AvgIpc) is 3.05. The number of halogens is 3. The van der Waals surface area contributed by atoms with Gasteiger partial charge in [0, 0.05) is 43.2 Å². The minimum absolute atomic E-state index is 0. The van der Waals surface area contributed by atoms with E-state index in [0.29, 0.717) is 16.6 Å². The van der Waals surface area contributed by atoms with Crippen LogP contribution in [0.3, 0.4) is 0 Å². The summed E-state index contributed by atoms with van der Waals surface area (Å²) in [5.74, 6) is 0.812. The number of nitrogens with zero attached hydrogens (tertiary/aromatic N) is 3. The number of aliphatic imine (C=N–C) groups is 1. The summed E-state index contributed by atoms with van der Waals surface area (Å²) in [6.45, 7) is 3.40. The van der Waals surface area contributed by atoms with Crippen LogP contribution in [0, 0.1) is 0 Å². The van der Waals surface area contributed by atoms with Crippen LogP contribution in [0.25, 0.3) is 0 Å². The van der Waals surface area contributed by atoms with E-state index in [1.165, 1.54) is 0 Å². The Morgan fingerprint density at radius 1 is 1.33 bits per heavy atom. The molecule has 2 aromatic rings. The lowest BCUT2D eigenvalue weighted by Crippen LogP contribution is -2.39. The van der Waals surface area contributed by atoms with Gasteiger partial charge in [0.25, 0.3) is 0 Å². The van der Waals surface area contributed by atoms with Crippen molar-refractivity contribution in [2.24, 2.45) is 4.99 Å². The molecule has 0 saturated carbocycles. The molecule has 1 aromatic carbocycles. The molecule has 27 heavy (non-hydrogen) atoms. The number of thiazole rings is 1. The smallest absolute Gasteiger partial charge is 0.193 e. The molecule has 0 aliphatic rings. The number of aromatic nitrogens is 1. The molecule has 0 spiro atoms. The Balaban J connectivity index is 0.00000364. The predicted molar refractivity (Wildman–Crippen MR) is 126 cm³/mol. The van der Waals surface area contributed by atoms with E-state index in [-0.39, 0.29) is 30.1 Å². The first kappa shape index (κ1) is 24.4. The Hall–Kier alpha value is -0.610. The van der Waals surface area contributed by atoms with Crippen LogP contribution in [-0.4, -0.2) is 43.6 Å². The highest BCUT2D eigenvalue weighted by Crippen LogP contribution is 2.21. The van der Waals surface area contributed by atoms with Gasteiger partial charge in [-0.25, -0.2) is 4.98 Å². The van der Waals surface area contributed by atoms with Crippen molar-refractivity contribution in [1.82, 2.24) is 15.2 Å². The Kier molecular flexibility index (Phi) is 10.9. The van der Waals surface area contributed by atoms with Crippen LogP contribution in [0.4, 0.5) is 0 Å². The number of guanidine groups is 1. The Morgan fingerprint density at radius 2 is 2.00 bits per heavy atom. The Labute approximate surface area is 192 Å². The van der Waals surface area contributed by atoms with Gasteiger partial charge in [0.1, 0.15) is 11.1 Å². The average molecular weight is 543 g/mol. The topological polar surface area (TPSA) is 49.8 Å². The molecule has 0 bridgehead atoms. The molecular weight excluding hydrogens is 518 g/mol. The summed E-state index contributed by atoms with van der Waals surface area (Å²) in [6, 6.07) is 5.59. The van der Waals surface area contributed by atoms with E-state index in [0.717, 1.165) is 35.2 Å². The van der Waals surface area contributed by atoms with Crippen molar-refractivity contribution in [2.75, 3.05) is 27.7 Å². The van der Waals surface area contributed by atoms with Crippen molar-refractivity contribution in [3.05, 3.63) is 49.9 Å². The maximum atomic E-state index is 6.04. The molecule has 1 unspecified atom stereocenters. The summed E-state index contributed by atoms with van der Waals surface area (Å²) < 4.78 is 5.31. The second-order valence-electron chi connectivity index (χ2n) is 5.91. The second kappa shape index (κ2) is 12.1. The monoisotopic (exact) mass is 542 g/mol. The number of hydrogen-bond acceptors (Lipinski definition) is 4. The first-order chi connectivity index (χ1) is 12.4. The minimum atomic E-state index is 0. The van der Waals surface area contributed by atoms with E-state index in [9.17, 15) is 0 Å². The fraction of sp³-hybridized carbons (Fsp3) is 0.444. The standard InChI is InChI=1S/C18H24Cl2N4OS.HI/c1-12(25-4)17-23-16(11-26-17)10-24(3)18(21-2)22-6-5-13-7-14(19)9-15(20)8-13;/h7-9,11-12H,5-6,10H2,1-4H3,(H,21,22);1H. The molecule has 1 aromatic heterocycles. The third kappa shape index (κ3) is 7.73. The molecule has 2 rings (SSSR count). The predicted octanol–water partition coefficient (Wildman–Crippen LogP) is 5.03. The van der Waals surface area contributed by atoms with Gasteiger partial charge in [-0.2, -0.15) is 0 Å². The van der Waals surface area contributed by atoms with Gasteiger partial charge in [0.05, 0.1) is 12.2 Å². The summed E-state index contributed by atoms with van der Waals surface area (Å²) in [5, 5.41) is 7.70. The second-order valence-corrected chi connectivity index (χ2v) is 7.68. The molecule has 0 aliphatic heterocycles. The van der Waals surface area contributed by atoms with Gasteiger partial charge in [-0.1, -0.05) is 23.2 Å². The Bertz CT molecular complexity index is 736. The van der Waals surface area contributed by atoms with E-state index >= 15 is 0 Å². The molecule has 0 amide bonds. The minimum Gasteiger partial charge on any atom is -0.375 e. The molecule has 1 atom stereocenters.